The van der Waals surface area contributed by atoms with Gasteiger partial charge in [0.2, 0.25) is 0 Å². The molecule has 0 amide bonds. The van der Waals surface area contributed by atoms with Gasteiger partial charge < -0.3 is 4.42 Å². The summed E-state index contributed by atoms with van der Waals surface area (Å²) in [5.74, 6) is -3.91. The van der Waals surface area contributed by atoms with Gasteiger partial charge >= 0.3 is 0 Å². The number of aldehydes is 1. The fraction of sp³-hybridized carbons (Fsp3) is 0. The van der Waals surface area contributed by atoms with Gasteiger partial charge in [0.25, 0.3) is 0 Å². The molecule has 0 atom stereocenters. The van der Waals surface area contributed by atoms with E-state index in [-0.39, 0.29) is 16.9 Å². The lowest BCUT2D eigenvalue weighted by Gasteiger charge is -2.02. The van der Waals surface area contributed by atoms with Crippen molar-refractivity contribution in [2.24, 2.45) is 0 Å². The summed E-state index contributed by atoms with van der Waals surface area (Å²) in [4.78, 5) is 11.1. The molecule has 0 N–H and O–H groups in total. The van der Waals surface area contributed by atoms with E-state index in [0.29, 0.717) is 12.0 Å². The molecule has 2 aromatic heterocycles. The Hall–Kier alpha value is -2.83. The van der Waals surface area contributed by atoms with Gasteiger partial charge in [0.05, 0.1) is 17.5 Å². The Balaban J connectivity index is 2.14. The summed E-state index contributed by atoms with van der Waals surface area (Å²) in [7, 11) is 0. The Kier molecular flexibility index (Phi) is 3.09. The largest absolute Gasteiger partial charge is 0.463 e. The monoisotopic (exact) mass is 292 g/mol. The molecule has 4 nitrogen and oxygen atoms in total. The molecule has 2 heterocycles. The van der Waals surface area contributed by atoms with E-state index in [2.05, 4.69) is 5.10 Å². The molecule has 0 spiro atoms. The average Bonchev–Trinajstić information content (AvgIpc) is 3.12. The minimum atomic E-state index is -1.56. The van der Waals surface area contributed by atoms with E-state index in [1.54, 1.807) is 12.1 Å². The first-order valence-corrected chi connectivity index (χ1v) is 5.84. The summed E-state index contributed by atoms with van der Waals surface area (Å²) < 4.78 is 45.6. The number of hydrogen-bond donors (Lipinski definition) is 0. The fourth-order valence-corrected chi connectivity index (χ4v) is 1.88. The van der Waals surface area contributed by atoms with Crippen molar-refractivity contribution in [2.75, 3.05) is 0 Å². The summed E-state index contributed by atoms with van der Waals surface area (Å²) in [5.41, 5.74) is 0.350. The van der Waals surface area contributed by atoms with Gasteiger partial charge in [-0.3, -0.25) is 4.79 Å². The third kappa shape index (κ3) is 2.22. The van der Waals surface area contributed by atoms with Crippen molar-refractivity contribution < 1.29 is 22.4 Å². The van der Waals surface area contributed by atoms with Gasteiger partial charge in [-0.25, -0.2) is 17.9 Å². The number of hydrogen-bond acceptors (Lipinski definition) is 3. The maximum atomic E-state index is 13.2. The lowest BCUT2D eigenvalue weighted by Crippen LogP contribution is -1.99. The summed E-state index contributed by atoms with van der Waals surface area (Å²) in [6.07, 6.45) is 3.22. The molecule has 0 saturated heterocycles. The van der Waals surface area contributed by atoms with Crippen LogP contribution in [0.2, 0.25) is 0 Å². The highest BCUT2D eigenvalue weighted by atomic mass is 19.2. The standard InChI is InChI=1S/C14H7F3N2O2/c15-10-4-9(5-11(16)13(10)17)19-6-8(7-20)14(18-19)12-2-1-3-21-12/h1-7H. The van der Waals surface area contributed by atoms with E-state index in [4.69, 9.17) is 4.42 Å². The van der Waals surface area contributed by atoms with E-state index < -0.39 is 17.5 Å². The molecule has 0 aliphatic rings. The summed E-state index contributed by atoms with van der Waals surface area (Å²) in [6.45, 7) is 0. The van der Waals surface area contributed by atoms with Gasteiger partial charge in [0, 0.05) is 18.3 Å². The van der Waals surface area contributed by atoms with Crippen LogP contribution in [-0.4, -0.2) is 16.1 Å². The number of carbonyl (C=O) groups is 1. The van der Waals surface area contributed by atoms with Gasteiger partial charge in [0.1, 0.15) is 5.69 Å². The number of nitrogens with zero attached hydrogens (tertiary/aromatic N) is 2. The van der Waals surface area contributed by atoms with Gasteiger partial charge in [-0.05, 0) is 12.1 Å². The van der Waals surface area contributed by atoms with Crippen LogP contribution in [0.4, 0.5) is 13.2 Å². The Bertz CT molecular complexity index is 787. The van der Waals surface area contributed by atoms with Crippen LogP contribution in [0.5, 0.6) is 0 Å². The van der Waals surface area contributed by atoms with Crippen molar-refractivity contribution in [3.63, 3.8) is 0 Å². The Morgan fingerprint density at radius 1 is 1.19 bits per heavy atom. The second-order valence-corrected chi connectivity index (χ2v) is 4.20. The molecule has 7 heteroatoms. The fourth-order valence-electron chi connectivity index (χ4n) is 1.88. The third-order valence-electron chi connectivity index (χ3n) is 2.86. The third-order valence-corrected chi connectivity index (χ3v) is 2.86. The normalized spacial score (nSPS) is 10.8. The minimum Gasteiger partial charge on any atom is -0.463 e. The number of furan rings is 1. The van der Waals surface area contributed by atoms with E-state index in [1.807, 2.05) is 0 Å². The number of rotatable bonds is 3. The molecule has 0 fully saturated rings. The zero-order valence-electron chi connectivity index (χ0n) is 10.4. The van der Waals surface area contributed by atoms with E-state index >= 15 is 0 Å². The van der Waals surface area contributed by atoms with Crippen LogP contribution < -0.4 is 0 Å². The first-order valence-electron chi connectivity index (χ1n) is 5.84. The second-order valence-electron chi connectivity index (χ2n) is 4.20. The maximum Gasteiger partial charge on any atom is 0.194 e. The average molecular weight is 292 g/mol. The number of carbonyl (C=O) groups excluding carboxylic acids is 1. The predicted molar refractivity (Wildman–Crippen MR) is 66.5 cm³/mol. The van der Waals surface area contributed by atoms with Crippen LogP contribution in [0.1, 0.15) is 10.4 Å². The molecule has 0 radical (unpaired) electrons. The number of halogens is 3. The highest BCUT2D eigenvalue weighted by Crippen LogP contribution is 2.24. The van der Waals surface area contributed by atoms with Crippen molar-refractivity contribution in [3.05, 3.63) is 59.7 Å². The summed E-state index contributed by atoms with van der Waals surface area (Å²) >= 11 is 0. The van der Waals surface area contributed by atoms with Crippen LogP contribution in [-0.2, 0) is 0 Å². The van der Waals surface area contributed by atoms with Crippen LogP contribution in [0, 0.1) is 17.5 Å². The van der Waals surface area contributed by atoms with E-state index in [0.717, 1.165) is 16.8 Å². The molecular formula is C14H7F3N2O2. The molecule has 0 aliphatic heterocycles. The highest BCUT2D eigenvalue weighted by molar-refractivity contribution is 5.84. The van der Waals surface area contributed by atoms with Crippen LogP contribution in [0.25, 0.3) is 17.1 Å². The maximum absolute atomic E-state index is 13.2. The Morgan fingerprint density at radius 3 is 2.48 bits per heavy atom. The minimum absolute atomic E-state index is 0.0488. The molecule has 0 bridgehead atoms. The topological polar surface area (TPSA) is 48.0 Å². The van der Waals surface area contributed by atoms with Crippen LogP contribution >= 0.6 is 0 Å². The molecule has 106 valence electrons. The van der Waals surface area contributed by atoms with Crippen molar-refractivity contribution in [1.82, 2.24) is 9.78 Å². The van der Waals surface area contributed by atoms with Crippen molar-refractivity contribution >= 4 is 6.29 Å². The first-order chi connectivity index (χ1) is 10.1. The van der Waals surface area contributed by atoms with E-state index in [1.165, 1.54) is 12.5 Å². The van der Waals surface area contributed by atoms with E-state index in [9.17, 15) is 18.0 Å². The van der Waals surface area contributed by atoms with Crippen molar-refractivity contribution in [3.8, 4) is 17.1 Å². The summed E-state index contributed by atoms with van der Waals surface area (Å²) in [5, 5.41) is 4.04. The SMILES string of the molecule is O=Cc1cn(-c2cc(F)c(F)c(F)c2)nc1-c1ccco1. The lowest BCUT2D eigenvalue weighted by molar-refractivity contribution is 0.112. The molecule has 3 aromatic rings. The molecule has 0 aliphatic carbocycles. The zero-order valence-corrected chi connectivity index (χ0v) is 10.4. The summed E-state index contributed by atoms with van der Waals surface area (Å²) in [6, 6.07) is 4.77. The lowest BCUT2D eigenvalue weighted by atomic mass is 10.2. The molecule has 0 unspecified atom stereocenters. The molecule has 21 heavy (non-hydrogen) atoms. The first kappa shape index (κ1) is 13.2. The molecular weight excluding hydrogens is 285 g/mol. The predicted octanol–water partition coefficient (Wildman–Crippen LogP) is 3.36. The quantitative estimate of drug-likeness (QED) is 0.549. The van der Waals surface area contributed by atoms with Crippen LogP contribution in [0.3, 0.4) is 0 Å². The van der Waals surface area contributed by atoms with Crippen LogP contribution in [0.15, 0.2) is 41.1 Å². The van der Waals surface area contributed by atoms with Gasteiger partial charge in [-0.15, -0.1) is 0 Å². The highest BCUT2D eigenvalue weighted by Gasteiger charge is 2.16. The second kappa shape index (κ2) is 4.93. The van der Waals surface area contributed by atoms with Gasteiger partial charge in [-0.2, -0.15) is 5.10 Å². The Labute approximate surface area is 116 Å². The zero-order chi connectivity index (χ0) is 15.0. The van der Waals surface area contributed by atoms with Gasteiger partial charge in [-0.1, -0.05) is 0 Å². The Morgan fingerprint density at radius 2 is 1.90 bits per heavy atom. The van der Waals surface area contributed by atoms with Crippen molar-refractivity contribution in [2.45, 2.75) is 0 Å². The smallest absolute Gasteiger partial charge is 0.194 e. The molecule has 1 aromatic carbocycles. The molecule has 3 rings (SSSR count). The number of benzene rings is 1. The van der Waals surface area contributed by atoms with Crippen molar-refractivity contribution in [1.29, 1.82) is 0 Å². The molecule has 0 saturated carbocycles. The van der Waals surface area contributed by atoms with Gasteiger partial charge in [0.15, 0.2) is 29.5 Å². The number of aromatic nitrogens is 2.